The van der Waals surface area contributed by atoms with E-state index < -0.39 is 11.0 Å². The van der Waals surface area contributed by atoms with Gasteiger partial charge in [-0.05, 0) is 77.1 Å². The van der Waals surface area contributed by atoms with Gasteiger partial charge in [-0.15, -0.1) is 0 Å². The predicted octanol–water partition coefficient (Wildman–Crippen LogP) is 2.32. The summed E-state index contributed by atoms with van der Waals surface area (Å²) in [6.45, 7) is 6.37. The summed E-state index contributed by atoms with van der Waals surface area (Å²) in [5.41, 5.74) is 0.856. The van der Waals surface area contributed by atoms with Gasteiger partial charge in [-0.3, -0.25) is 4.90 Å². The van der Waals surface area contributed by atoms with Crippen LogP contribution in [0.4, 0.5) is 0 Å². The van der Waals surface area contributed by atoms with Crippen LogP contribution in [0.5, 0.6) is 11.5 Å². The Kier molecular flexibility index (Phi) is 3.85. The highest BCUT2D eigenvalue weighted by Gasteiger charge is 2.70. The number of phenolic OH excluding ortho intramolecular Hbond substituents is 1. The molecule has 2 saturated carbocycles. The summed E-state index contributed by atoms with van der Waals surface area (Å²) >= 11 is 0. The van der Waals surface area contributed by atoms with Crippen molar-refractivity contribution in [1.82, 2.24) is 10.2 Å². The first-order valence-electron chi connectivity index (χ1n) is 10.6. The van der Waals surface area contributed by atoms with Gasteiger partial charge in [0.25, 0.3) is 0 Å². The molecule has 5 atom stereocenters. The van der Waals surface area contributed by atoms with Gasteiger partial charge in [0.05, 0.1) is 11.0 Å². The number of fused-ring (bicyclic) bond motifs is 1. The number of rotatable bonds is 3. The number of nitrogens with one attached hydrogen (secondary N) is 1. The molecule has 2 heterocycles. The molecule has 2 aliphatic carbocycles. The number of hydrogen-bond acceptors (Lipinski definition) is 5. The molecule has 0 radical (unpaired) electrons. The molecular formula is C22H32N2O3. The van der Waals surface area contributed by atoms with Gasteiger partial charge >= 0.3 is 0 Å². The maximum Gasteiger partial charge on any atom is 0.165 e. The summed E-state index contributed by atoms with van der Waals surface area (Å²) in [6, 6.07) is 3.96. The fourth-order valence-corrected chi connectivity index (χ4v) is 6.41. The van der Waals surface area contributed by atoms with Gasteiger partial charge in [-0.25, -0.2) is 0 Å². The number of aromatic hydroxyl groups is 1. The molecule has 148 valence electrons. The van der Waals surface area contributed by atoms with Gasteiger partial charge in [-0.2, -0.15) is 0 Å². The van der Waals surface area contributed by atoms with E-state index in [9.17, 15) is 10.2 Å². The van der Waals surface area contributed by atoms with Crippen molar-refractivity contribution in [2.45, 2.75) is 75.2 Å². The summed E-state index contributed by atoms with van der Waals surface area (Å²) in [6.07, 6.45) is 5.03. The molecule has 5 rings (SSSR count). The predicted molar refractivity (Wildman–Crippen MR) is 104 cm³/mol. The molecule has 4 aliphatic rings. The lowest BCUT2D eigenvalue weighted by Gasteiger charge is -2.61. The van der Waals surface area contributed by atoms with Crippen molar-refractivity contribution in [3.63, 3.8) is 0 Å². The molecule has 0 aromatic heterocycles. The molecular weight excluding hydrogens is 340 g/mol. The summed E-state index contributed by atoms with van der Waals surface area (Å²) in [5, 5.41) is 26.2. The number of nitrogens with zero attached hydrogens (tertiary/aromatic N) is 1. The molecule has 1 aromatic rings. The van der Waals surface area contributed by atoms with E-state index in [-0.39, 0.29) is 23.9 Å². The Morgan fingerprint density at radius 3 is 2.74 bits per heavy atom. The molecule has 27 heavy (non-hydrogen) atoms. The number of hydrogen-bond donors (Lipinski definition) is 3. The normalized spacial score (nSPS) is 40.8. The maximum atomic E-state index is 12.3. The van der Waals surface area contributed by atoms with E-state index in [1.807, 2.05) is 13.1 Å². The molecule has 0 unspecified atom stereocenters. The first kappa shape index (κ1) is 17.8. The molecule has 3 N–H and O–H groups in total. The highest BCUT2D eigenvalue weighted by Crippen LogP contribution is 2.62. The average Bonchev–Trinajstić information content (AvgIpc) is 3.39. The number of likely N-dealkylation sites (N-methyl/N-ethyl adjacent to an activating group) is 1. The molecule has 0 bridgehead atoms. The lowest BCUT2D eigenvalue weighted by Crippen LogP contribution is -2.75. The Morgan fingerprint density at radius 2 is 2.04 bits per heavy atom. The van der Waals surface area contributed by atoms with E-state index in [4.69, 9.17) is 4.74 Å². The minimum atomic E-state index is -0.845. The van der Waals surface area contributed by atoms with Crippen LogP contribution in [0.2, 0.25) is 0 Å². The SMILES string of the molecule is CN[C@@H]1CC[C@]2(O)[C@H](C)N(CC3CC3)CC[C@]23c2c(C)ccc(O)c2O[C@H]13. The number of piperidine rings is 1. The van der Waals surface area contributed by atoms with Crippen LogP contribution >= 0.6 is 0 Å². The summed E-state index contributed by atoms with van der Waals surface area (Å²) in [4.78, 5) is 2.51. The van der Waals surface area contributed by atoms with Crippen LogP contribution < -0.4 is 10.1 Å². The van der Waals surface area contributed by atoms with E-state index >= 15 is 0 Å². The maximum absolute atomic E-state index is 12.3. The van der Waals surface area contributed by atoms with Gasteiger partial charge in [0.15, 0.2) is 11.5 Å². The van der Waals surface area contributed by atoms with Crippen LogP contribution in [0, 0.1) is 12.8 Å². The summed E-state index contributed by atoms with van der Waals surface area (Å²) in [7, 11) is 1.98. The zero-order chi connectivity index (χ0) is 19.0. The smallest absolute Gasteiger partial charge is 0.165 e. The Morgan fingerprint density at radius 1 is 1.26 bits per heavy atom. The van der Waals surface area contributed by atoms with Crippen molar-refractivity contribution in [2.24, 2.45) is 5.92 Å². The summed E-state index contributed by atoms with van der Waals surface area (Å²) < 4.78 is 6.44. The van der Waals surface area contributed by atoms with Gasteiger partial charge in [0.2, 0.25) is 0 Å². The second-order valence-corrected chi connectivity index (χ2v) is 9.34. The van der Waals surface area contributed by atoms with Crippen LogP contribution in [0.15, 0.2) is 12.1 Å². The van der Waals surface area contributed by atoms with Crippen LogP contribution in [0.25, 0.3) is 0 Å². The van der Waals surface area contributed by atoms with Crippen molar-refractivity contribution < 1.29 is 14.9 Å². The zero-order valence-electron chi connectivity index (χ0n) is 16.7. The number of likely N-dealkylation sites (tertiary alicyclic amines) is 1. The largest absolute Gasteiger partial charge is 0.504 e. The molecule has 1 saturated heterocycles. The standard InChI is InChI=1S/C22H32N2O3/c1-13-4-7-17(25)19-18(13)21-10-11-24(12-15-5-6-15)14(2)22(21,26)9-8-16(23-3)20(21)27-19/h4,7,14-16,20,23,25-26H,5-6,8-12H2,1-3H3/t14-,16+,20+,21+,22-/m0/s1. The quantitative estimate of drug-likeness (QED) is 0.760. The van der Waals surface area contributed by atoms with E-state index in [1.54, 1.807) is 6.07 Å². The first-order chi connectivity index (χ1) is 12.9. The molecule has 1 aromatic carbocycles. The Balaban J connectivity index is 1.65. The fourth-order valence-electron chi connectivity index (χ4n) is 6.41. The number of aryl methyl sites for hydroxylation is 1. The highest BCUT2D eigenvalue weighted by molar-refractivity contribution is 5.60. The lowest BCUT2D eigenvalue weighted by atomic mass is 9.52. The van der Waals surface area contributed by atoms with E-state index in [2.05, 4.69) is 24.1 Å². The summed E-state index contributed by atoms with van der Waals surface area (Å²) in [5.74, 6) is 1.61. The molecule has 5 nitrogen and oxygen atoms in total. The highest BCUT2D eigenvalue weighted by atomic mass is 16.5. The Bertz CT molecular complexity index is 764. The lowest BCUT2D eigenvalue weighted by molar-refractivity contribution is -0.181. The van der Waals surface area contributed by atoms with Crippen LogP contribution in [-0.4, -0.2) is 59.0 Å². The fraction of sp³-hybridized carbons (Fsp3) is 0.727. The number of phenols is 1. The number of ether oxygens (including phenoxy) is 1. The minimum Gasteiger partial charge on any atom is -0.504 e. The minimum absolute atomic E-state index is 0.0865. The Hall–Kier alpha value is -1.30. The van der Waals surface area contributed by atoms with E-state index in [1.165, 1.54) is 12.8 Å². The topological polar surface area (TPSA) is 65.0 Å². The number of benzene rings is 1. The molecule has 5 heteroatoms. The monoisotopic (exact) mass is 372 g/mol. The van der Waals surface area contributed by atoms with Gasteiger partial charge in [0.1, 0.15) is 6.10 Å². The third-order valence-electron chi connectivity index (χ3n) is 8.09. The second kappa shape index (κ2) is 5.85. The molecule has 0 amide bonds. The van der Waals surface area contributed by atoms with Crippen molar-refractivity contribution in [3.8, 4) is 11.5 Å². The van der Waals surface area contributed by atoms with Gasteiger partial charge < -0.3 is 20.3 Å². The van der Waals surface area contributed by atoms with Crippen molar-refractivity contribution in [2.75, 3.05) is 20.1 Å². The van der Waals surface area contributed by atoms with Gasteiger partial charge in [-0.1, -0.05) is 6.07 Å². The third-order valence-corrected chi connectivity index (χ3v) is 8.09. The van der Waals surface area contributed by atoms with Crippen LogP contribution in [0.1, 0.15) is 50.2 Å². The van der Waals surface area contributed by atoms with Crippen molar-refractivity contribution >= 4 is 0 Å². The Labute approximate surface area is 161 Å². The molecule has 3 fully saturated rings. The van der Waals surface area contributed by atoms with Crippen molar-refractivity contribution in [1.29, 1.82) is 0 Å². The third kappa shape index (κ3) is 2.22. The van der Waals surface area contributed by atoms with E-state index in [0.717, 1.165) is 49.4 Å². The zero-order valence-corrected chi connectivity index (χ0v) is 16.7. The molecule has 1 spiro atoms. The molecule has 2 aliphatic heterocycles. The average molecular weight is 373 g/mol. The van der Waals surface area contributed by atoms with Crippen LogP contribution in [0.3, 0.4) is 0 Å². The second-order valence-electron chi connectivity index (χ2n) is 9.34. The van der Waals surface area contributed by atoms with Crippen molar-refractivity contribution in [3.05, 3.63) is 23.3 Å². The van der Waals surface area contributed by atoms with E-state index in [0.29, 0.717) is 5.75 Å². The van der Waals surface area contributed by atoms with Crippen LogP contribution in [-0.2, 0) is 5.41 Å². The van der Waals surface area contributed by atoms with Gasteiger partial charge in [0, 0.05) is 24.2 Å². The first-order valence-corrected chi connectivity index (χ1v) is 10.6. The number of aliphatic hydroxyl groups is 1.